The fourth-order valence-electron chi connectivity index (χ4n) is 2.44. The van der Waals surface area contributed by atoms with Gasteiger partial charge in [0.2, 0.25) is 5.95 Å². The van der Waals surface area contributed by atoms with Gasteiger partial charge in [0.1, 0.15) is 5.69 Å². The smallest absolute Gasteiger partial charge is 0.354 e. The molecule has 0 aliphatic carbocycles. The van der Waals surface area contributed by atoms with Crippen LogP contribution in [-0.2, 0) is 6.18 Å². The molecule has 1 N–H and O–H groups in total. The number of alkyl halides is 3. The van der Waals surface area contributed by atoms with Crippen molar-refractivity contribution in [2.45, 2.75) is 25.4 Å². The fraction of sp³-hybridized carbons (Fsp3) is 0.692. The summed E-state index contributed by atoms with van der Waals surface area (Å²) in [7, 11) is 2.07. The van der Waals surface area contributed by atoms with Crippen LogP contribution in [0.5, 0.6) is 0 Å². The second kappa shape index (κ2) is 6.39. The molecule has 0 spiro atoms. The zero-order chi connectivity index (χ0) is 14.6. The predicted octanol–water partition coefficient (Wildman–Crippen LogP) is 2.64. The van der Waals surface area contributed by atoms with Crippen molar-refractivity contribution in [2.75, 3.05) is 32.0 Å². The van der Waals surface area contributed by atoms with Gasteiger partial charge in [-0.05, 0) is 38.4 Å². The van der Waals surface area contributed by atoms with Crippen molar-refractivity contribution in [3.8, 4) is 0 Å². The molecule has 112 valence electrons. The molecule has 1 aliphatic heterocycles. The first-order valence-electron chi connectivity index (χ1n) is 6.78. The van der Waals surface area contributed by atoms with Crippen molar-refractivity contribution in [2.24, 2.45) is 5.92 Å². The number of halogens is 3. The second-order valence-electron chi connectivity index (χ2n) is 5.27. The minimum atomic E-state index is -4.43. The molecule has 0 saturated carbocycles. The number of nitrogens with zero attached hydrogens (tertiary/aromatic N) is 3. The Bertz CT molecular complexity index is 436. The Morgan fingerprint density at radius 3 is 2.95 bits per heavy atom. The van der Waals surface area contributed by atoms with Crippen LogP contribution in [0.2, 0.25) is 0 Å². The van der Waals surface area contributed by atoms with Gasteiger partial charge in [-0.1, -0.05) is 6.42 Å². The Morgan fingerprint density at radius 2 is 2.20 bits per heavy atom. The Kier molecular flexibility index (Phi) is 4.80. The molecule has 2 rings (SSSR count). The summed E-state index contributed by atoms with van der Waals surface area (Å²) in [6.45, 7) is 2.63. The molecule has 7 heteroatoms. The quantitative estimate of drug-likeness (QED) is 0.928. The van der Waals surface area contributed by atoms with Gasteiger partial charge in [0, 0.05) is 19.3 Å². The molecule has 4 nitrogen and oxygen atoms in total. The third-order valence-corrected chi connectivity index (χ3v) is 3.47. The molecule has 1 aliphatic rings. The van der Waals surface area contributed by atoms with Crippen LogP contribution in [0, 0.1) is 5.92 Å². The third kappa shape index (κ3) is 4.33. The van der Waals surface area contributed by atoms with E-state index in [2.05, 4.69) is 27.2 Å². The van der Waals surface area contributed by atoms with E-state index in [1.807, 2.05) is 0 Å². The van der Waals surface area contributed by atoms with E-state index >= 15 is 0 Å². The van der Waals surface area contributed by atoms with Crippen molar-refractivity contribution >= 4 is 5.95 Å². The van der Waals surface area contributed by atoms with Crippen molar-refractivity contribution in [1.29, 1.82) is 0 Å². The molecule has 0 radical (unpaired) electrons. The minimum absolute atomic E-state index is 0.0479. The summed E-state index contributed by atoms with van der Waals surface area (Å²) in [5.74, 6) is 0.465. The van der Waals surface area contributed by atoms with Crippen LogP contribution in [0.25, 0.3) is 0 Å². The summed E-state index contributed by atoms with van der Waals surface area (Å²) in [4.78, 5) is 9.61. The standard InChI is InChI=1S/C13H19F3N4/c1-20-7-3-2-4-10(9-20)8-18-12-17-6-5-11(19-12)13(14,15)16/h5-6,10H,2-4,7-9H2,1H3,(H,17,18,19). The summed E-state index contributed by atoms with van der Waals surface area (Å²) in [5, 5.41) is 2.93. The van der Waals surface area contributed by atoms with Crippen LogP contribution in [0.1, 0.15) is 25.0 Å². The maximum absolute atomic E-state index is 12.5. The molecule has 1 fully saturated rings. The van der Waals surface area contributed by atoms with E-state index in [0.29, 0.717) is 12.5 Å². The maximum atomic E-state index is 12.5. The van der Waals surface area contributed by atoms with E-state index in [4.69, 9.17) is 0 Å². The molecule has 0 amide bonds. The summed E-state index contributed by atoms with van der Waals surface area (Å²) in [6, 6.07) is 0.880. The lowest BCUT2D eigenvalue weighted by Crippen LogP contribution is -2.28. The van der Waals surface area contributed by atoms with Gasteiger partial charge < -0.3 is 10.2 Å². The molecular weight excluding hydrogens is 269 g/mol. The lowest BCUT2D eigenvalue weighted by molar-refractivity contribution is -0.141. The molecule has 1 aromatic heterocycles. The highest BCUT2D eigenvalue weighted by molar-refractivity contribution is 5.26. The topological polar surface area (TPSA) is 41.0 Å². The number of anilines is 1. The highest BCUT2D eigenvalue weighted by Gasteiger charge is 2.32. The molecule has 0 bridgehead atoms. The lowest BCUT2D eigenvalue weighted by Gasteiger charge is -2.20. The van der Waals surface area contributed by atoms with E-state index in [9.17, 15) is 13.2 Å². The van der Waals surface area contributed by atoms with Crippen LogP contribution in [-0.4, -0.2) is 41.5 Å². The molecule has 1 atom stereocenters. The second-order valence-corrected chi connectivity index (χ2v) is 5.27. The van der Waals surface area contributed by atoms with Crippen molar-refractivity contribution < 1.29 is 13.2 Å². The SMILES string of the molecule is CN1CCCCC(CNc2nccc(C(F)(F)F)n2)C1. The Labute approximate surface area is 116 Å². The zero-order valence-electron chi connectivity index (χ0n) is 11.5. The summed E-state index contributed by atoms with van der Waals surface area (Å²) >= 11 is 0. The lowest BCUT2D eigenvalue weighted by atomic mass is 10.0. The molecule has 2 heterocycles. The van der Waals surface area contributed by atoms with Crippen molar-refractivity contribution in [3.05, 3.63) is 18.0 Å². The average Bonchev–Trinajstić information content (AvgIpc) is 2.60. The van der Waals surface area contributed by atoms with Gasteiger partial charge >= 0.3 is 6.18 Å². The highest BCUT2D eigenvalue weighted by Crippen LogP contribution is 2.27. The van der Waals surface area contributed by atoms with Crippen LogP contribution in [0.3, 0.4) is 0 Å². The van der Waals surface area contributed by atoms with Gasteiger partial charge in [-0.15, -0.1) is 0 Å². The van der Waals surface area contributed by atoms with Gasteiger partial charge in [0.05, 0.1) is 0 Å². The van der Waals surface area contributed by atoms with E-state index in [-0.39, 0.29) is 5.95 Å². The molecule has 0 aromatic carbocycles. The first kappa shape index (κ1) is 15.0. The normalized spacial score (nSPS) is 21.5. The summed E-state index contributed by atoms with van der Waals surface area (Å²) < 4.78 is 37.6. The molecular formula is C13H19F3N4. The van der Waals surface area contributed by atoms with E-state index in [1.54, 1.807) is 0 Å². The largest absolute Gasteiger partial charge is 0.433 e. The molecule has 1 unspecified atom stereocenters. The van der Waals surface area contributed by atoms with Gasteiger partial charge in [-0.2, -0.15) is 13.2 Å². The van der Waals surface area contributed by atoms with Gasteiger partial charge in [0.25, 0.3) is 0 Å². The van der Waals surface area contributed by atoms with Gasteiger partial charge in [-0.25, -0.2) is 9.97 Å². The van der Waals surface area contributed by atoms with E-state index < -0.39 is 11.9 Å². The van der Waals surface area contributed by atoms with Crippen LogP contribution < -0.4 is 5.32 Å². The Balaban J connectivity index is 1.93. The number of likely N-dealkylation sites (tertiary alicyclic amines) is 1. The van der Waals surface area contributed by atoms with E-state index in [0.717, 1.165) is 38.2 Å². The van der Waals surface area contributed by atoms with Crippen molar-refractivity contribution in [3.63, 3.8) is 0 Å². The van der Waals surface area contributed by atoms with Gasteiger partial charge in [-0.3, -0.25) is 0 Å². The monoisotopic (exact) mass is 288 g/mol. The van der Waals surface area contributed by atoms with Crippen LogP contribution in [0.4, 0.5) is 19.1 Å². The first-order valence-corrected chi connectivity index (χ1v) is 6.78. The minimum Gasteiger partial charge on any atom is -0.354 e. The fourth-order valence-corrected chi connectivity index (χ4v) is 2.44. The van der Waals surface area contributed by atoms with Crippen LogP contribution >= 0.6 is 0 Å². The van der Waals surface area contributed by atoms with E-state index in [1.165, 1.54) is 6.42 Å². The summed E-state index contributed by atoms with van der Waals surface area (Å²) in [5.41, 5.74) is -0.909. The number of nitrogens with one attached hydrogen (secondary N) is 1. The number of hydrogen-bond donors (Lipinski definition) is 1. The highest BCUT2D eigenvalue weighted by atomic mass is 19.4. The first-order chi connectivity index (χ1) is 9.45. The zero-order valence-corrected chi connectivity index (χ0v) is 11.5. The molecule has 1 saturated heterocycles. The number of hydrogen-bond acceptors (Lipinski definition) is 4. The number of aromatic nitrogens is 2. The Hall–Kier alpha value is -1.37. The maximum Gasteiger partial charge on any atom is 0.433 e. The predicted molar refractivity (Wildman–Crippen MR) is 70.4 cm³/mol. The molecule has 20 heavy (non-hydrogen) atoms. The van der Waals surface area contributed by atoms with Crippen LogP contribution in [0.15, 0.2) is 12.3 Å². The third-order valence-electron chi connectivity index (χ3n) is 3.47. The molecule has 1 aromatic rings. The van der Waals surface area contributed by atoms with Crippen molar-refractivity contribution in [1.82, 2.24) is 14.9 Å². The number of rotatable bonds is 3. The van der Waals surface area contributed by atoms with Gasteiger partial charge in [0.15, 0.2) is 0 Å². The summed E-state index contributed by atoms with van der Waals surface area (Å²) in [6.07, 6.45) is 0.114. The Morgan fingerprint density at radius 1 is 1.40 bits per heavy atom. The average molecular weight is 288 g/mol.